The molecule has 21 heavy (non-hydrogen) atoms. The first-order valence-electron chi connectivity index (χ1n) is 6.86. The molecule has 0 aliphatic carbocycles. The fraction of sp³-hybridized carbons (Fsp3) is 0.118. The molecule has 104 valence electrons. The SMILES string of the molecule is CCn1cc(C(=O)/C=C\c2ccc3ncccc3c2)cn1. The summed E-state index contributed by atoms with van der Waals surface area (Å²) >= 11 is 0. The minimum Gasteiger partial charge on any atom is -0.289 e. The van der Waals surface area contributed by atoms with Crippen molar-refractivity contribution in [2.24, 2.45) is 0 Å². The molecule has 0 saturated heterocycles. The molecule has 0 saturated carbocycles. The molecular formula is C17H15N3O. The Morgan fingerprint density at radius 2 is 2.24 bits per heavy atom. The zero-order chi connectivity index (χ0) is 14.7. The molecule has 4 heteroatoms. The molecule has 0 N–H and O–H groups in total. The lowest BCUT2D eigenvalue weighted by molar-refractivity contribution is 0.104. The average Bonchev–Trinajstić information content (AvgIpc) is 3.01. The number of benzene rings is 1. The zero-order valence-electron chi connectivity index (χ0n) is 11.7. The van der Waals surface area contributed by atoms with Crippen LogP contribution < -0.4 is 0 Å². The fourth-order valence-corrected chi connectivity index (χ4v) is 2.13. The molecular weight excluding hydrogens is 262 g/mol. The number of aryl methyl sites for hydroxylation is 1. The maximum absolute atomic E-state index is 12.1. The van der Waals surface area contributed by atoms with Crippen LogP contribution in [0.1, 0.15) is 22.8 Å². The predicted molar refractivity (Wildman–Crippen MR) is 83.0 cm³/mol. The Labute approximate surface area is 122 Å². The van der Waals surface area contributed by atoms with Crippen LogP contribution in [0.3, 0.4) is 0 Å². The highest BCUT2D eigenvalue weighted by Crippen LogP contribution is 2.14. The van der Waals surface area contributed by atoms with E-state index >= 15 is 0 Å². The Morgan fingerprint density at radius 1 is 1.33 bits per heavy atom. The Hall–Kier alpha value is -2.75. The summed E-state index contributed by atoms with van der Waals surface area (Å²) in [6, 6.07) is 9.83. The van der Waals surface area contributed by atoms with E-state index in [0.717, 1.165) is 23.0 Å². The van der Waals surface area contributed by atoms with Crippen molar-refractivity contribution in [2.45, 2.75) is 13.5 Å². The van der Waals surface area contributed by atoms with Crippen molar-refractivity contribution in [3.8, 4) is 0 Å². The average molecular weight is 277 g/mol. The van der Waals surface area contributed by atoms with E-state index in [1.54, 1.807) is 29.3 Å². The summed E-state index contributed by atoms with van der Waals surface area (Å²) < 4.78 is 1.74. The number of allylic oxidation sites excluding steroid dienone is 1. The van der Waals surface area contributed by atoms with E-state index in [1.165, 1.54) is 0 Å². The number of ketones is 1. The van der Waals surface area contributed by atoms with Crippen LogP contribution in [0.5, 0.6) is 0 Å². The summed E-state index contributed by atoms with van der Waals surface area (Å²) in [5.41, 5.74) is 2.53. The van der Waals surface area contributed by atoms with Gasteiger partial charge >= 0.3 is 0 Å². The van der Waals surface area contributed by atoms with Crippen molar-refractivity contribution in [3.05, 3.63) is 66.1 Å². The second kappa shape index (κ2) is 5.71. The van der Waals surface area contributed by atoms with Crippen LogP contribution in [-0.4, -0.2) is 20.5 Å². The minimum atomic E-state index is -0.0408. The van der Waals surface area contributed by atoms with E-state index in [1.807, 2.05) is 43.3 Å². The molecule has 2 heterocycles. The third-order valence-corrected chi connectivity index (χ3v) is 3.30. The molecule has 0 atom stereocenters. The number of carbonyl (C=O) groups is 1. The molecule has 0 aliphatic heterocycles. The van der Waals surface area contributed by atoms with Gasteiger partial charge < -0.3 is 0 Å². The van der Waals surface area contributed by atoms with Crippen molar-refractivity contribution in [1.82, 2.24) is 14.8 Å². The topological polar surface area (TPSA) is 47.8 Å². The summed E-state index contributed by atoms with van der Waals surface area (Å²) in [7, 11) is 0. The van der Waals surface area contributed by atoms with Gasteiger partial charge in [-0.3, -0.25) is 14.5 Å². The van der Waals surface area contributed by atoms with E-state index < -0.39 is 0 Å². The van der Waals surface area contributed by atoms with Crippen molar-refractivity contribution < 1.29 is 4.79 Å². The molecule has 3 rings (SSSR count). The molecule has 0 spiro atoms. The molecule has 0 fully saturated rings. The second-order valence-corrected chi connectivity index (χ2v) is 4.74. The minimum absolute atomic E-state index is 0.0408. The standard InChI is InChI=1S/C17H15N3O/c1-2-20-12-15(11-19-20)17(21)8-6-13-5-7-16-14(10-13)4-3-9-18-16/h3-12H,2H2,1H3/b8-6-. The number of nitrogens with zero attached hydrogens (tertiary/aromatic N) is 3. The zero-order valence-corrected chi connectivity index (χ0v) is 11.7. The van der Waals surface area contributed by atoms with Crippen LogP contribution in [0, 0.1) is 0 Å². The van der Waals surface area contributed by atoms with Crippen LogP contribution in [0.2, 0.25) is 0 Å². The summed E-state index contributed by atoms with van der Waals surface area (Å²) in [6.07, 6.45) is 8.52. The first-order chi connectivity index (χ1) is 10.3. The maximum Gasteiger partial charge on any atom is 0.189 e. The molecule has 0 bridgehead atoms. The van der Waals surface area contributed by atoms with Crippen LogP contribution in [0.4, 0.5) is 0 Å². The number of aromatic nitrogens is 3. The van der Waals surface area contributed by atoms with Gasteiger partial charge in [0.2, 0.25) is 0 Å². The maximum atomic E-state index is 12.1. The Morgan fingerprint density at radius 3 is 3.05 bits per heavy atom. The highest BCUT2D eigenvalue weighted by Gasteiger charge is 2.04. The van der Waals surface area contributed by atoms with Crippen LogP contribution in [0.25, 0.3) is 17.0 Å². The third-order valence-electron chi connectivity index (χ3n) is 3.30. The Kier molecular flexibility index (Phi) is 3.60. The van der Waals surface area contributed by atoms with Gasteiger partial charge in [-0.15, -0.1) is 0 Å². The van der Waals surface area contributed by atoms with Crippen molar-refractivity contribution in [2.75, 3.05) is 0 Å². The van der Waals surface area contributed by atoms with E-state index in [0.29, 0.717) is 5.56 Å². The lowest BCUT2D eigenvalue weighted by Gasteiger charge is -1.98. The van der Waals surface area contributed by atoms with Crippen LogP contribution in [-0.2, 0) is 6.54 Å². The normalized spacial score (nSPS) is 11.3. The van der Waals surface area contributed by atoms with Crippen molar-refractivity contribution >= 4 is 22.8 Å². The molecule has 3 aromatic rings. The number of fused-ring (bicyclic) bond motifs is 1. The van der Waals surface area contributed by atoms with Gasteiger partial charge in [-0.05, 0) is 36.8 Å². The lowest BCUT2D eigenvalue weighted by atomic mass is 10.1. The lowest BCUT2D eigenvalue weighted by Crippen LogP contribution is -1.94. The highest BCUT2D eigenvalue weighted by molar-refractivity contribution is 6.06. The van der Waals surface area contributed by atoms with Gasteiger partial charge in [-0.2, -0.15) is 5.10 Å². The van der Waals surface area contributed by atoms with Crippen molar-refractivity contribution in [1.29, 1.82) is 0 Å². The predicted octanol–water partition coefficient (Wildman–Crippen LogP) is 3.35. The summed E-state index contributed by atoms with van der Waals surface area (Å²) in [4.78, 5) is 16.3. The summed E-state index contributed by atoms with van der Waals surface area (Å²) in [5, 5.41) is 5.17. The quantitative estimate of drug-likeness (QED) is 0.543. The number of rotatable bonds is 4. The first-order valence-corrected chi connectivity index (χ1v) is 6.86. The largest absolute Gasteiger partial charge is 0.289 e. The first kappa shape index (κ1) is 13.2. The van der Waals surface area contributed by atoms with Gasteiger partial charge in [0.1, 0.15) is 0 Å². The van der Waals surface area contributed by atoms with E-state index in [-0.39, 0.29) is 5.78 Å². The number of hydrogen-bond acceptors (Lipinski definition) is 3. The third kappa shape index (κ3) is 2.89. The van der Waals surface area contributed by atoms with E-state index in [4.69, 9.17) is 0 Å². The van der Waals surface area contributed by atoms with Gasteiger partial charge in [-0.25, -0.2) is 0 Å². The van der Waals surface area contributed by atoms with Gasteiger partial charge in [0.15, 0.2) is 5.78 Å². The summed E-state index contributed by atoms with van der Waals surface area (Å²) in [5.74, 6) is -0.0408. The molecule has 0 unspecified atom stereocenters. The van der Waals surface area contributed by atoms with Gasteiger partial charge in [0, 0.05) is 24.3 Å². The molecule has 1 aromatic carbocycles. The number of pyridine rings is 1. The summed E-state index contributed by atoms with van der Waals surface area (Å²) in [6.45, 7) is 2.74. The molecule has 0 aliphatic rings. The Balaban J connectivity index is 1.81. The monoisotopic (exact) mass is 277 g/mol. The van der Waals surface area contributed by atoms with Crippen molar-refractivity contribution in [3.63, 3.8) is 0 Å². The molecule has 2 aromatic heterocycles. The molecule has 0 radical (unpaired) electrons. The highest BCUT2D eigenvalue weighted by atomic mass is 16.1. The van der Waals surface area contributed by atoms with Gasteiger partial charge in [0.05, 0.1) is 17.3 Å². The van der Waals surface area contributed by atoms with Crippen LogP contribution >= 0.6 is 0 Å². The smallest absolute Gasteiger partial charge is 0.189 e. The fourth-order valence-electron chi connectivity index (χ4n) is 2.13. The van der Waals surface area contributed by atoms with E-state index in [2.05, 4.69) is 10.1 Å². The van der Waals surface area contributed by atoms with Gasteiger partial charge in [0.25, 0.3) is 0 Å². The molecule has 0 amide bonds. The van der Waals surface area contributed by atoms with Crippen LogP contribution in [0.15, 0.2) is 55.0 Å². The van der Waals surface area contributed by atoms with E-state index in [9.17, 15) is 4.79 Å². The Bertz CT molecular complexity index is 818. The number of hydrogen-bond donors (Lipinski definition) is 0. The van der Waals surface area contributed by atoms with Gasteiger partial charge in [-0.1, -0.05) is 18.2 Å². The number of carbonyl (C=O) groups excluding carboxylic acids is 1. The molecule has 4 nitrogen and oxygen atoms in total. The second-order valence-electron chi connectivity index (χ2n) is 4.74.